The van der Waals surface area contributed by atoms with Crippen LogP contribution in [0.3, 0.4) is 0 Å². The number of methoxy groups -OCH3 is 1. The highest BCUT2D eigenvalue weighted by Crippen LogP contribution is 2.43. The number of pyridine rings is 1. The highest BCUT2D eigenvalue weighted by atomic mass is 32.1. The van der Waals surface area contributed by atoms with Gasteiger partial charge in [0.1, 0.15) is 23.5 Å². The van der Waals surface area contributed by atoms with Crippen molar-refractivity contribution in [2.75, 3.05) is 19.0 Å². The minimum Gasteiger partial charge on any atom is -0.483 e. The van der Waals surface area contributed by atoms with E-state index in [1.165, 1.54) is 30.7 Å². The summed E-state index contributed by atoms with van der Waals surface area (Å²) in [6, 6.07) is 6.34. The maximum atomic E-state index is 15.0. The molecule has 9 nitrogen and oxygen atoms in total. The van der Waals surface area contributed by atoms with Gasteiger partial charge in [0.15, 0.2) is 11.6 Å². The van der Waals surface area contributed by atoms with Crippen molar-refractivity contribution in [1.29, 1.82) is 0 Å². The Labute approximate surface area is 218 Å². The molecule has 4 heterocycles. The molecule has 0 aliphatic carbocycles. The van der Waals surface area contributed by atoms with Crippen molar-refractivity contribution in [2.45, 2.75) is 19.4 Å². The fourth-order valence-corrected chi connectivity index (χ4v) is 5.46. The van der Waals surface area contributed by atoms with Gasteiger partial charge in [-0.2, -0.15) is 0 Å². The monoisotopic (exact) mass is 535 g/mol. The first-order valence-corrected chi connectivity index (χ1v) is 12.3. The number of nitrogens with one attached hydrogen (secondary N) is 1. The van der Waals surface area contributed by atoms with E-state index in [0.29, 0.717) is 39.4 Å². The molecule has 1 aliphatic heterocycles. The third-order valence-electron chi connectivity index (χ3n) is 5.96. The Morgan fingerprint density at radius 2 is 2.03 bits per heavy atom. The van der Waals surface area contributed by atoms with E-state index in [9.17, 15) is 13.6 Å². The predicted molar refractivity (Wildman–Crippen MR) is 137 cm³/mol. The summed E-state index contributed by atoms with van der Waals surface area (Å²) in [7, 11) is 1.53. The van der Waals surface area contributed by atoms with E-state index in [1.54, 1.807) is 6.20 Å². The van der Waals surface area contributed by atoms with E-state index in [-0.39, 0.29) is 18.0 Å². The van der Waals surface area contributed by atoms with E-state index in [2.05, 4.69) is 20.3 Å². The number of hydrogen-bond acceptors (Lipinski definition) is 9. The Morgan fingerprint density at radius 1 is 1.16 bits per heavy atom. The number of aryl methyl sites for hydroxylation is 1. The van der Waals surface area contributed by atoms with E-state index in [4.69, 9.17) is 19.2 Å². The van der Waals surface area contributed by atoms with Gasteiger partial charge in [-0.3, -0.25) is 10.3 Å². The van der Waals surface area contributed by atoms with Crippen molar-refractivity contribution in [3.63, 3.8) is 0 Å². The topological polar surface area (TPSA) is 108 Å². The first-order chi connectivity index (χ1) is 18.4. The molecule has 6 rings (SSSR count). The third-order valence-corrected chi connectivity index (χ3v) is 7.12. The van der Waals surface area contributed by atoms with Crippen LogP contribution in [0.15, 0.2) is 42.9 Å². The van der Waals surface area contributed by atoms with E-state index >= 15 is 0 Å². The molecule has 1 atom stereocenters. The number of hydrogen-bond donors (Lipinski definition) is 1. The van der Waals surface area contributed by atoms with Crippen LogP contribution in [0, 0.1) is 18.6 Å². The van der Waals surface area contributed by atoms with Gasteiger partial charge in [0.2, 0.25) is 5.88 Å². The van der Waals surface area contributed by atoms with Gasteiger partial charge >= 0.3 is 6.09 Å². The lowest BCUT2D eigenvalue weighted by atomic mass is 10.1. The molecular formula is C26H19F2N5O4S. The zero-order valence-corrected chi connectivity index (χ0v) is 20.9. The number of amides is 1. The zero-order chi connectivity index (χ0) is 26.4. The number of ether oxygens (including phenoxy) is 3. The van der Waals surface area contributed by atoms with Crippen LogP contribution < -0.4 is 14.8 Å². The van der Waals surface area contributed by atoms with Gasteiger partial charge in [-0.05, 0) is 24.6 Å². The minimum atomic E-state index is -0.799. The fourth-order valence-electron chi connectivity index (χ4n) is 4.35. The second kappa shape index (κ2) is 9.45. The summed E-state index contributed by atoms with van der Waals surface area (Å²) in [5.74, 6) is -0.605. The first-order valence-electron chi connectivity index (χ1n) is 11.5. The minimum absolute atomic E-state index is 0.120. The van der Waals surface area contributed by atoms with Gasteiger partial charge in [-0.25, -0.2) is 28.5 Å². The second-order valence-electron chi connectivity index (χ2n) is 8.69. The maximum Gasteiger partial charge on any atom is 0.411 e. The molecule has 0 saturated heterocycles. The average molecular weight is 536 g/mol. The van der Waals surface area contributed by atoms with Gasteiger partial charge in [-0.1, -0.05) is 0 Å². The number of fused-ring (bicyclic) bond motifs is 4. The van der Waals surface area contributed by atoms with Crippen LogP contribution in [0.2, 0.25) is 0 Å². The standard InChI is InChI=1S/C26H19F2N5O4S/c1-12-3-16(22-19(4-12)32-21(35-2)10-30-22)25-33-20-7-18(28)23-17(24(20)38-25)6-15(37-23)11-36-26(34)31-14-5-13(27)8-29-9-14/h3-5,7-10,15H,6,11H2,1-2H3,(H,31,34)/t15-/m1/s1. The number of carbonyl (C=O) groups is 1. The zero-order valence-electron chi connectivity index (χ0n) is 20.1. The number of rotatable bonds is 5. The van der Waals surface area contributed by atoms with Crippen molar-refractivity contribution in [2.24, 2.45) is 0 Å². The fraction of sp³-hybridized carbons (Fsp3) is 0.192. The Hall–Kier alpha value is -4.45. The lowest BCUT2D eigenvalue weighted by Crippen LogP contribution is -2.25. The van der Waals surface area contributed by atoms with Crippen LogP contribution in [-0.2, 0) is 11.2 Å². The molecule has 0 bridgehead atoms. The quantitative estimate of drug-likeness (QED) is 0.317. The van der Waals surface area contributed by atoms with Crippen LogP contribution >= 0.6 is 11.3 Å². The summed E-state index contributed by atoms with van der Waals surface area (Å²) in [6.07, 6.45) is 2.79. The number of halogens is 2. The number of nitrogens with zero attached hydrogens (tertiary/aromatic N) is 4. The molecule has 1 aliphatic rings. The van der Waals surface area contributed by atoms with E-state index < -0.39 is 23.8 Å². The number of anilines is 1. The highest BCUT2D eigenvalue weighted by Gasteiger charge is 2.31. The smallest absolute Gasteiger partial charge is 0.411 e. The van der Waals surface area contributed by atoms with Crippen LogP contribution in [-0.4, -0.2) is 45.8 Å². The molecule has 0 fully saturated rings. The Bertz CT molecular complexity index is 1730. The summed E-state index contributed by atoms with van der Waals surface area (Å²) < 4.78 is 45.2. The van der Waals surface area contributed by atoms with Gasteiger partial charge in [-0.15, -0.1) is 11.3 Å². The largest absolute Gasteiger partial charge is 0.483 e. The lowest BCUT2D eigenvalue weighted by molar-refractivity contribution is 0.100. The molecule has 0 spiro atoms. The van der Waals surface area contributed by atoms with Crippen molar-refractivity contribution < 1.29 is 27.8 Å². The van der Waals surface area contributed by atoms with Gasteiger partial charge in [0, 0.05) is 29.7 Å². The number of benzene rings is 2. The molecule has 192 valence electrons. The van der Waals surface area contributed by atoms with Crippen molar-refractivity contribution in [3.05, 3.63) is 65.6 Å². The van der Waals surface area contributed by atoms with E-state index in [0.717, 1.165) is 28.1 Å². The summed E-state index contributed by atoms with van der Waals surface area (Å²) in [5, 5.41) is 3.07. The Balaban J connectivity index is 1.26. The maximum absolute atomic E-state index is 15.0. The van der Waals surface area contributed by atoms with Crippen LogP contribution in [0.25, 0.3) is 31.8 Å². The first kappa shape index (κ1) is 23.9. The Kier molecular flexibility index (Phi) is 5.95. The van der Waals surface area contributed by atoms with Crippen LogP contribution in [0.1, 0.15) is 11.1 Å². The average Bonchev–Trinajstić information content (AvgIpc) is 3.51. The number of thiazole rings is 1. The molecule has 0 radical (unpaired) electrons. The molecule has 38 heavy (non-hydrogen) atoms. The number of aromatic nitrogens is 4. The van der Waals surface area contributed by atoms with Crippen molar-refractivity contribution in [3.8, 4) is 22.2 Å². The van der Waals surface area contributed by atoms with E-state index in [1.807, 2.05) is 19.1 Å². The van der Waals surface area contributed by atoms with Gasteiger partial charge in [0.25, 0.3) is 0 Å². The second-order valence-corrected chi connectivity index (χ2v) is 9.68. The summed E-state index contributed by atoms with van der Waals surface area (Å²) in [6.45, 7) is 1.82. The summed E-state index contributed by atoms with van der Waals surface area (Å²) in [4.78, 5) is 29.5. The van der Waals surface area contributed by atoms with Crippen molar-refractivity contribution in [1.82, 2.24) is 19.9 Å². The third kappa shape index (κ3) is 4.43. The van der Waals surface area contributed by atoms with Gasteiger partial charge < -0.3 is 14.2 Å². The number of carbonyl (C=O) groups excluding carboxylic acids is 1. The Morgan fingerprint density at radius 3 is 2.84 bits per heavy atom. The predicted octanol–water partition coefficient (Wildman–Crippen LogP) is 5.45. The van der Waals surface area contributed by atoms with Crippen LogP contribution in [0.5, 0.6) is 11.6 Å². The summed E-state index contributed by atoms with van der Waals surface area (Å²) >= 11 is 1.41. The van der Waals surface area contributed by atoms with Crippen LogP contribution in [0.4, 0.5) is 19.3 Å². The molecule has 5 aromatic rings. The molecular weight excluding hydrogens is 516 g/mol. The molecule has 3 aromatic heterocycles. The highest BCUT2D eigenvalue weighted by molar-refractivity contribution is 7.22. The van der Waals surface area contributed by atoms with Gasteiger partial charge in [0.05, 0.1) is 52.6 Å². The lowest BCUT2D eigenvalue weighted by Gasteiger charge is -2.12. The molecule has 12 heteroatoms. The molecule has 0 saturated carbocycles. The molecule has 1 amide bonds. The molecule has 1 N–H and O–H groups in total. The normalized spacial score (nSPS) is 14.4. The SMILES string of the molecule is COc1cnc2c(-c3nc4cc(F)c5c(c4s3)C[C@H](COC(=O)Nc3cncc(F)c3)O5)cc(C)cc2n1. The molecule has 2 aromatic carbocycles. The summed E-state index contributed by atoms with van der Waals surface area (Å²) in [5.41, 5.74) is 4.40. The molecule has 0 unspecified atom stereocenters. The van der Waals surface area contributed by atoms with Crippen molar-refractivity contribution >= 4 is 44.4 Å².